The Labute approximate surface area is 129 Å². The lowest BCUT2D eigenvalue weighted by atomic mass is 10.1. The molecule has 0 saturated carbocycles. The molecule has 0 spiro atoms. The van der Waals surface area contributed by atoms with Gasteiger partial charge in [0.05, 0.1) is 23.8 Å². The highest BCUT2D eigenvalue weighted by atomic mass is 79.9. The van der Waals surface area contributed by atoms with Crippen LogP contribution in [0.25, 0.3) is 10.8 Å². The molecule has 0 bridgehead atoms. The number of aliphatic hydroxyl groups is 1. The molecule has 1 aromatic heterocycles. The van der Waals surface area contributed by atoms with Crippen molar-refractivity contribution in [3.63, 3.8) is 0 Å². The molecule has 2 rings (SSSR count). The van der Waals surface area contributed by atoms with Crippen LogP contribution in [-0.4, -0.2) is 27.5 Å². The highest BCUT2D eigenvalue weighted by molar-refractivity contribution is 9.10. The van der Waals surface area contributed by atoms with Crippen LogP contribution >= 0.6 is 15.9 Å². The lowest BCUT2D eigenvalue weighted by Crippen LogP contribution is -2.29. The maximum absolute atomic E-state index is 12.4. The maximum atomic E-state index is 12.4. The molecule has 0 aliphatic heterocycles. The van der Waals surface area contributed by atoms with Gasteiger partial charge in [0, 0.05) is 9.86 Å². The largest absolute Gasteiger partial charge is 0.465 e. The second-order valence-electron chi connectivity index (χ2n) is 4.52. The average Bonchev–Trinajstić information content (AvgIpc) is 2.41. The summed E-state index contributed by atoms with van der Waals surface area (Å²) in [6.07, 6.45) is -0.865. The standard InChI is InChI=1S/C14H15BrN2O4/c1-3-21-12(19)7-17-14(20)10-5-4-9(15)6-11(10)13(16-17)8(2)18/h4-6,8,18H,3,7H2,1-2H3. The fourth-order valence-electron chi connectivity index (χ4n) is 2.03. The van der Waals surface area contributed by atoms with Crippen molar-refractivity contribution in [2.45, 2.75) is 26.5 Å². The van der Waals surface area contributed by atoms with E-state index in [1.54, 1.807) is 32.0 Å². The maximum Gasteiger partial charge on any atom is 0.327 e. The molecule has 1 N–H and O–H groups in total. The van der Waals surface area contributed by atoms with Gasteiger partial charge >= 0.3 is 5.97 Å². The zero-order chi connectivity index (χ0) is 15.6. The number of halogens is 1. The molecule has 2 aromatic rings. The summed E-state index contributed by atoms with van der Waals surface area (Å²) in [7, 11) is 0. The molecule has 0 radical (unpaired) electrons. The van der Waals surface area contributed by atoms with E-state index in [2.05, 4.69) is 21.0 Å². The summed E-state index contributed by atoms with van der Waals surface area (Å²) in [5.74, 6) is -0.542. The summed E-state index contributed by atoms with van der Waals surface area (Å²) in [6, 6.07) is 5.09. The van der Waals surface area contributed by atoms with Crippen LogP contribution in [0.1, 0.15) is 25.6 Å². The van der Waals surface area contributed by atoms with Crippen LogP contribution in [0.3, 0.4) is 0 Å². The van der Waals surface area contributed by atoms with Crippen LogP contribution < -0.4 is 5.56 Å². The topological polar surface area (TPSA) is 81.4 Å². The van der Waals surface area contributed by atoms with Gasteiger partial charge in [-0.2, -0.15) is 5.10 Å². The van der Waals surface area contributed by atoms with Crippen LogP contribution in [0, 0.1) is 0 Å². The van der Waals surface area contributed by atoms with E-state index in [1.165, 1.54) is 0 Å². The first-order chi connectivity index (χ1) is 9.93. The molecule has 0 amide bonds. The minimum Gasteiger partial charge on any atom is -0.465 e. The predicted octanol–water partition coefficient (Wildman–Crippen LogP) is 1.78. The molecule has 7 heteroatoms. The smallest absolute Gasteiger partial charge is 0.327 e. The SMILES string of the molecule is CCOC(=O)Cn1nc(C(C)O)c2cc(Br)ccc2c1=O. The van der Waals surface area contributed by atoms with Crippen molar-refractivity contribution in [2.24, 2.45) is 0 Å². The Kier molecular flexibility index (Phi) is 4.74. The first-order valence-electron chi connectivity index (χ1n) is 6.48. The number of carbonyl (C=O) groups excluding carboxylic acids is 1. The minimum absolute atomic E-state index is 0.234. The monoisotopic (exact) mass is 354 g/mol. The Bertz CT molecular complexity index is 740. The lowest BCUT2D eigenvalue weighted by Gasteiger charge is -2.12. The number of benzene rings is 1. The zero-order valence-corrected chi connectivity index (χ0v) is 13.3. The molecular weight excluding hydrogens is 340 g/mol. The lowest BCUT2D eigenvalue weighted by molar-refractivity contribution is -0.144. The van der Waals surface area contributed by atoms with E-state index in [1.807, 2.05) is 0 Å². The van der Waals surface area contributed by atoms with E-state index in [0.29, 0.717) is 16.5 Å². The first kappa shape index (κ1) is 15.7. The number of rotatable bonds is 4. The normalized spacial score (nSPS) is 12.4. The fourth-order valence-corrected chi connectivity index (χ4v) is 2.39. The third-order valence-electron chi connectivity index (χ3n) is 2.93. The third kappa shape index (κ3) is 3.30. The van der Waals surface area contributed by atoms with Gasteiger partial charge < -0.3 is 9.84 Å². The number of nitrogens with zero attached hydrogens (tertiary/aromatic N) is 2. The van der Waals surface area contributed by atoms with Crippen LogP contribution in [-0.2, 0) is 16.1 Å². The second kappa shape index (κ2) is 6.36. The van der Waals surface area contributed by atoms with Crippen LogP contribution in [0.4, 0.5) is 0 Å². The van der Waals surface area contributed by atoms with Gasteiger partial charge in [0.25, 0.3) is 5.56 Å². The van der Waals surface area contributed by atoms with Gasteiger partial charge in [-0.1, -0.05) is 15.9 Å². The number of aliphatic hydroxyl groups excluding tert-OH is 1. The highest BCUT2D eigenvalue weighted by Crippen LogP contribution is 2.23. The number of carbonyl (C=O) groups is 1. The molecule has 112 valence electrons. The van der Waals surface area contributed by atoms with Gasteiger partial charge in [0.1, 0.15) is 6.54 Å². The molecule has 0 aliphatic carbocycles. The number of hydrogen-bond acceptors (Lipinski definition) is 5. The van der Waals surface area contributed by atoms with Crippen LogP contribution in [0.15, 0.2) is 27.5 Å². The van der Waals surface area contributed by atoms with E-state index in [9.17, 15) is 14.7 Å². The van der Waals surface area contributed by atoms with E-state index >= 15 is 0 Å². The summed E-state index contributed by atoms with van der Waals surface area (Å²) >= 11 is 3.33. The van der Waals surface area contributed by atoms with Crippen molar-refractivity contribution in [3.8, 4) is 0 Å². The van der Waals surface area contributed by atoms with Crippen molar-refractivity contribution in [3.05, 3.63) is 38.7 Å². The number of fused-ring (bicyclic) bond motifs is 1. The molecular formula is C14H15BrN2O4. The summed E-state index contributed by atoms with van der Waals surface area (Å²) < 4.78 is 6.63. The molecule has 1 atom stereocenters. The van der Waals surface area contributed by atoms with Gasteiger partial charge in [0.15, 0.2) is 0 Å². The number of esters is 1. The molecule has 0 fully saturated rings. The number of hydrogen-bond donors (Lipinski definition) is 1. The van der Waals surface area contributed by atoms with E-state index in [-0.39, 0.29) is 13.2 Å². The predicted molar refractivity (Wildman–Crippen MR) is 81.0 cm³/mol. The molecule has 0 saturated heterocycles. The van der Waals surface area contributed by atoms with Gasteiger partial charge in [-0.05, 0) is 32.0 Å². The molecule has 1 aromatic carbocycles. The van der Waals surface area contributed by atoms with E-state index < -0.39 is 17.6 Å². The van der Waals surface area contributed by atoms with Crippen LogP contribution in [0.2, 0.25) is 0 Å². The van der Waals surface area contributed by atoms with Crippen LogP contribution in [0.5, 0.6) is 0 Å². The number of aromatic nitrogens is 2. The summed E-state index contributed by atoms with van der Waals surface area (Å²) in [5.41, 5.74) is -0.0508. The molecule has 1 unspecified atom stereocenters. The number of ether oxygens (including phenoxy) is 1. The average molecular weight is 355 g/mol. The Morgan fingerprint density at radius 3 is 2.81 bits per heavy atom. The Hall–Kier alpha value is -1.73. The second-order valence-corrected chi connectivity index (χ2v) is 5.43. The Morgan fingerprint density at radius 2 is 2.19 bits per heavy atom. The fraction of sp³-hybridized carbons (Fsp3) is 0.357. The van der Waals surface area contributed by atoms with Gasteiger partial charge in [-0.15, -0.1) is 0 Å². The molecule has 0 aliphatic rings. The third-order valence-corrected chi connectivity index (χ3v) is 3.42. The van der Waals surface area contributed by atoms with Gasteiger partial charge in [-0.25, -0.2) is 4.68 Å². The van der Waals surface area contributed by atoms with Crippen molar-refractivity contribution in [1.29, 1.82) is 0 Å². The minimum atomic E-state index is -0.865. The van der Waals surface area contributed by atoms with Crippen molar-refractivity contribution in [1.82, 2.24) is 9.78 Å². The van der Waals surface area contributed by atoms with Crippen molar-refractivity contribution >= 4 is 32.7 Å². The van der Waals surface area contributed by atoms with Gasteiger partial charge in [0.2, 0.25) is 0 Å². The van der Waals surface area contributed by atoms with Gasteiger partial charge in [-0.3, -0.25) is 9.59 Å². The van der Waals surface area contributed by atoms with Crippen molar-refractivity contribution in [2.75, 3.05) is 6.61 Å². The quantitative estimate of drug-likeness (QED) is 0.846. The molecule has 6 nitrogen and oxygen atoms in total. The van der Waals surface area contributed by atoms with Crippen molar-refractivity contribution < 1.29 is 14.6 Å². The molecule has 1 heterocycles. The zero-order valence-electron chi connectivity index (χ0n) is 11.7. The Balaban J connectivity index is 2.63. The van der Waals surface area contributed by atoms with E-state index in [0.717, 1.165) is 9.15 Å². The molecule has 21 heavy (non-hydrogen) atoms. The summed E-state index contributed by atoms with van der Waals surface area (Å²) in [4.78, 5) is 23.9. The first-order valence-corrected chi connectivity index (χ1v) is 7.27. The van der Waals surface area contributed by atoms with E-state index in [4.69, 9.17) is 4.74 Å². The summed E-state index contributed by atoms with van der Waals surface area (Å²) in [6.45, 7) is 3.20. The highest BCUT2D eigenvalue weighted by Gasteiger charge is 2.16. The Morgan fingerprint density at radius 1 is 1.48 bits per heavy atom. The summed E-state index contributed by atoms with van der Waals surface area (Å²) in [5, 5.41) is 14.9.